The average molecular weight is 327 g/mol. The topological polar surface area (TPSA) is 87.1 Å². The average Bonchev–Trinajstić information content (AvgIpc) is 3.25. The van der Waals surface area contributed by atoms with E-state index in [1.165, 1.54) is 0 Å². The number of likely N-dealkylation sites (tertiary alicyclic amines) is 1. The lowest BCUT2D eigenvalue weighted by atomic mass is 10.2. The summed E-state index contributed by atoms with van der Waals surface area (Å²) >= 11 is 0. The van der Waals surface area contributed by atoms with Gasteiger partial charge in [0.2, 0.25) is 11.8 Å². The second kappa shape index (κ2) is 6.89. The number of nitriles is 1. The molecule has 1 N–H and O–H groups in total. The van der Waals surface area contributed by atoms with Crippen LogP contribution in [0, 0.1) is 25.2 Å². The molecule has 7 heteroatoms. The van der Waals surface area contributed by atoms with E-state index in [0.717, 1.165) is 31.5 Å². The summed E-state index contributed by atoms with van der Waals surface area (Å²) in [4.78, 5) is 14.5. The van der Waals surface area contributed by atoms with Crippen molar-refractivity contribution in [3.8, 4) is 6.07 Å². The summed E-state index contributed by atoms with van der Waals surface area (Å²) < 4.78 is 7.39. The van der Waals surface area contributed by atoms with Gasteiger partial charge in [-0.25, -0.2) is 0 Å². The number of amides is 1. The van der Waals surface area contributed by atoms with Crippen molar-refractivity contribution in [1.29, 1.82) is 5.26 Å². The Morgan fingerprint density at radius 2 is 2.38 bits per heavy atom. The van der Waals surface area contributed by atoms with Crippen LogP contribution in [0.5, 0.6) is 0 Å². The zero-order chi connectivity index (χ0) is 17.1. The van der Waals surface area contributed by atoms with Crippen molar-refractivity contribution in [2.45, 2.75) is 39.3 Å². The Balaban J connectivity index is 1.62. The molecule has 2 aromatic heterocycles. The number of aromatic nitrogens is 2. The zero-order valence-electron chi connectivity index (χ0n) is 14.0. The number of nitrogens with one attached hydrogen (secondary N) is 1. The SMILES string of the molecule is Cc1oc(NC(=O)CN2CCCC2Cn2cccn2)c(C#N)c1C. The molecule has 1 aliphatic rings. The van der Waals surface area contributed by atoms with Gasteiger partial charge in [0.1, 0.15) is 17.4 Å². The van der Waals surface area contributed by atoms with E-state index in [4.69, 9.17) is 4.42 Å². The Hall–Kier alpha value is -2.59. The number of furan rings is 1. The minimum absolute atomic E-state index is 0.160. The summed E-state index contributed by atoms with van der Waals surface area (Å²) in [7, 11) is 0. The van der Waals surface area contributed by atoms with Crippen molar-refractivity contribution < 1.29 is 9.21 Å². The molecule has 1 unspecified atom stereocenters. The van der Waals surface area contributed by atoms with E-state index in [2.05, 4.69) is 21.4 Å². The molecule has 2 aromatic rings. The normalized spacial score (nSPS) is 17.8. The highest BCUT2D eigenvalue weighted by Crippen LogP contribution is 2.25. The van der Waals surface area contributed by atoms with Crippen LogP contribution in [0.4, 0.5) is 5.88 Å². The van der Waals surface area contributed by atoms with Crippen molar-refractivity contribution in [3.63, 3.8) is 0 Å². The lowest BCUT2D eigenvalue weighted by molar-refractivity contribution is -0.117. The van der Waals surface area contributed by atoms with E-state index in [9.17, 15) is 10.1 Å². The van der Waals surface area contributed by atoms with Crippen LogP contribution >= 0.6 is 0 Å². The Kier molecular flexibility index (Phi) is 4.67. The predicted octanol–water partition coefficient (Wildman–Crippen LogP) is 2.07. The lowest BCUT2D eigenvalue weighted by Crippen LogP contribution is -2.39. The number of carbonyl (C=O) groups excluding carboxylic acids is 1. The van der Waals surface area contributed by atoms with Crippen molar-refractivity contribution in [2.24, 2.45) is 0 Å². The third-order valence-electron chi connectivity index (χ3n) is 4.55. The highest BCUT2D eigenvalue weighted by atomic mass is 16.4. The molecule has 0 bridgehead atoms. The van der Waals surface area contributed by atoms with E-state index < -0.39 is 0 Å². The number of hydrogen-bond acceptors (Lipinski definition) is 5. The maximum atomic E-state index is 12.4. The van der Waals surface area contributed by atoms with Gasteiger partial charge in [0.15, 0.2) is 0 Å². The molecule has 1 atom stereocenters. The molecule has 0 aliphatic carbocycles. The molecule has 1 fully saturated rings. The van der Waals surface area contributed by atoms with Crippen molar-refractivity contribution in [2.75, 3.05) is 18.4 Å². The summed E-state index contributed by atoms with van der Waals surface area (Å²) in [6.07, 6.45) is 5.82. The third-order valence-corrected chi connectivity index (χ3v) is 4.55. The van der Waals surface area contributed by atoms with Crippen LogP contribution in [0.15, 0.2) is 22.9 Å². The van der Waals surface area contributed by atoms with E-state index in [1.807, 2.05) is 23.9 Å². The molecule has 1 aliphatic heterocycles. The van der Waals surface area contributed by atoms with Gasteiger partial charge in [-0.3, -0.25) is 19.7 Å². The molecular weight excluding hydrogens is 306 g/mol. The predicted molar refractivity (Wildman–Crippen MR) is 88.3 cm³/mol. The first kappa shape index (κ1) is 16.3. The smallest absolute Gasteiger partial charge is 0.240 e. The largest absolute Gasteiger partial charge is 0.444 e. The monoisotopic (exact) mass is 327 g/mol. The van der Waals surface area contributed by atoms with Crippen molar-refractivity contribution >= 4 is 11.8 Å². The quantitative estimate of drug-likeness (QED) is 0.908. The molecule has 0 aromatic carbocycles. The summed E-state index contributed by atoms with van der Waals surface area (Å²) in [6.45, 7) is 5.55. The molecule has 0 saturated carbocycles. The van der Waals surface area contributed by atoms with Gasteiger partial charge in [0.25, 0.3) is 0 Å². The van der Waals surface area contributed by atoms with E-state index in [-0.39, 0.29) is 18.3 Å². The number of aryl methyl sites for hydroxylation is 1. The number of anilines is 1. The van der Waals surface area contributed by atoms with Gasteiger partial charge in [-0.15, -0.1) is 0 Å². The van der Waals surface area contributed by atoms with Gasteiger partial charge < -0.3 is 4.42 Å². The van der Waals surface area contributed by atoms with Crippen molar-refractivity contribution in [3.05, 3.63) is 35.3 Å². The molecule has 126 valence electrons. The van der Waals surface area contributed by atoms with Crippen LogP contribution in [0.2, 0.25) is 0 Å². The molecule has 7 nitrogen and oxygen atoms in total. The van der Waals surface area contributed by atoms with Crippen LogP contribution in [0.25, 0.3) is 0 Å². The number of nitrogens with zero attached hydrogens (tertiary/aromatic N) is 4. The van der Waals surface area contributed by atoms with E-state index >= 15 is 0 Å². The molecule has 0 spiro atoms. The Morgan fingerprint density at radius 3 is 3.08 bits per heavy atom. The molecule has 3 rings (SSSR count). The fraction of sp³-hybridized carbons (Fsp3) is 0.471. The molecule has 1 saturated heterocycles. The van der Waals surface area contributed by atoms with Crippen LogP contribution in [0.3, 0.4) is 0 Å². The molecule has 24 heavy (non-hydrogen) atoms. The molecular formula is C17H21N5O2. The van der Waals surface area contributed by atoms with E-state index in [1.54, 1.807) is 13.1 Å². The first-order chi connectivity index (χ1) is 11.6. The van der Waals surface area contributed by atoms with Gasteiger partial charge in [0, 0.05) is 24.0 Å². The highest BCUT2D eigenvalue weighted by molar-refractivity contribution is 5.92. The van der Waals surface area contributed by atoms with Gasteiger partial charge in [0.05, 0.1) is 13.1 Å². The van der Waals surface area contributed by atoms with Crippen LogP contribution in [0.1, 0.15) is 29.7 Å². The number of carbonyl (C=O) groups is 1. The lowest BCUT2D eigenvalue weighted by Gasteiger charge is -2.23. The van der Waals surface area contributed by atoms with Gasteiger partial charge in [-0.2, -0.15) is 10.4 Å². The zero-order valence-corrected chi connectivity index (χ0v) is 14.0. The first-order valence-electron chi connectivity index (χ1n) is 8.10. The summed E-state index contributed by atoms with van der Waals surface area (Å²) in [5.74, 6) is 0.743. The third kappa shape index (κ3) is 3.34. The fourth-order valence-corrected chi connectivity index (χ4v) is 3.13. The summed E-state index contributed by atoms with van der Waals surface area (Å²) in [5, 5.41) is 16.2. The van der Waals surface area contributed by atoms with Crippen LogP contribution < -0.4 is 5.32 Å². The Labute approximate surface area is 140 Å². The maximum absolute atomic E-state index is 12.4. The highest BCUT2D eigenvalue weighted by Gasteiger charge is 2.27. The second-order valence-corrected chi connectivity index (χ2v) is 6.14. The van der Waals surface area contributed by atoms with Crippen molar-refractivity contribution in [1.82, 2.24) is 14.7 Å². The van der Waals surface area contributed by atoms with Gasteiger partial charge in [-0.1, -0.05) is 0 Å². The van der Waals surface area contributed by atoms with Crippen LogP contribution in [-0.2, 0) is 11.3 Å². The van der Waals surface area contributed by atoms with Crippen LogP contribution in [-0.4, -0.2) is 39.7 Å². The Bertz CT molecular complexity index is 757. The molecule has 3 heterocycles. The fourth-order valence-electron chi connectivity index (χ4n) is 3.13. The van der Waals surface area contributed by atoms with E-state index in [0.29, 0.717) is 17.4 Å². The first-order valence-corrected chi connectivity index (χ1v) is 8.10. The second-order valence-electron chi connectivity index (χ2n) is 6.14. The Morgan fingerprint density at radius 1 is 1.54 bits per heavy atom. The van der Waals surface area contributed by atoms with Gasteiger partial charge in [-0.05, 0) is 39.3 Å². The van der Waals surface area contributed by atoms with Gasteiger partial charge >= 0.3 is 0 Å². The maximum Gasteiger partial charge on any atom is 0.240 e. The summed E-state index contributed by atoms with van der Waals surface area (Å²) in [5.41, 5.74) is 1.17. The minimum atomic E-state index is -0.160. The molecule has 1 amide bonds. The number of rotatable bonds is 5. The standard InChI is InChI=1S/C17H21N5O2/c1-12-13(2)24-17(15(12)9-18)20-16(23)11-21-7-3-5-14(21)10-22-8-4-6-19-22/h4,6,8,14H,3,5,7,10-11H2,1-2H3,(H,20,23). The number of hydrogen-bond donors (Lipinski definition) is 1. The summed E-state index contributed by atoms with van der Waals surface area (Å²) in [6, 6.07) is 4.29. The molecule has 0 radical (unpaired) electrons. The minimum Gasteiger partial charge on any atom is -0.444 e.